The largest absolute Gasteiger partial charge is 0.480 e. The number of furan rings is 1. The van der Waals surface area contributed by atoms with Crippen molar-refractivity contribution >= 4 is 5.97 Å². The second-order valence-electron chi connectivity index (χ2n) is 3.98. The van der Waals surface area contributed by atoms with E-state index < -0.39 is 12.0 Å². The topological polar surface area (TPSA) is 62.5 Å². The maximum atomic E-state index is 10.8. The van der Waals surface area contributed by atoms with Gasteiger partial charge in [-0.1, -0.05) is 6.92 Å². The van der Waals surface area contributed by atoms with Crippen molar-refractivity contribution in [3.8, 4) is 0 Å². The van der Waals surface area contributed by atoms with Crippen LogP contribution < -0.4 is 5.32 Å². The lowest BCUT2D eigenvalue weighted by Gasteiger charge is -2.18. The second kappa shape index (κ2) is 6.33. The summed E-state index contributed by atoms with van der Waals surface area (Å²) in [6, 6.07) is 3.51. The van der Waals surface area contributed by atoms with Gasteiger partial charge in [-0.05, 0) is 31.9 Å². The van der Waals surface area contributed by atoms with Gasteiger partial charge in [0.1, 0.15) is 11.8 Å². The van der Waals surface area contributed by atoms with E-state index >= 15 is 0 Å². The minimum atomic E-state index is -0.785. The molecule has 2 unspecified atom stereocenters. The minimum Gasteiger partial charge on any atom is -0.480 e. The lowest BCUT2D eigenvalue weighted by molar-refractivity contribution is -0.139. The number of carboxylic acids is 1. The van der Waals surface area contributed by atoms with Gasteiger partial charge < -0.3 is 14.8 Å². The van der Waals surface area contributed by atoms with Gasteiger partial charge in [-0.15, -0.1) is 0 Å². The van der Waals surface area contributed by atoms with Crippen LogP contribution >= 0.6 is 0 Å². The van der Waals surface area contributed by atoms with Gasteiger partial charge in [0.05, 0.1) is 6.26 Å². The summed E-state index contributed by atoms with van der Waals surface area (Å²) in [6.45, 7) is 3.86. The molecule has 1 rings (SSSR count). The predicted molar refractivity (Wildman–Crippen MR) is 61.3 cm³/mol. The number of aryl methyl sites for hydroxylation is 1. The van der Waals surface area contributed by atoms with E-state index in [0.717, 1.165) is 18.6 Å². The highest BCUT2D eigenvalue weighted by molar-refractivity contribution is 5.73. The highest BCUT2D eigenvalue weighted by atomic mass is 16.4. The van der Waals surface area contributed by atoms with Crippen molar-refractivity contribution in [2.24, 2.45) is 0 Å². The highest BCUT2D eigenvalue weighted by Gasteiger charge is 2.16. The SMILES string of the molecule is CCC(NC(C)CCc1ccco1)C(=O)O. The van der Waals surface area contributed by atoms with E-state index in [-0.39, 0.29) is 6.04 Å². The molecule has 0 saturated heterocycles. The van der Waals surface area contributed by atoms with E-state index in [4.69, 9.17) is 9.52 Å². The second-order valence-corrected chi connectivity index (χ2v) is 3.98. The normalized spacial score (nSPS) is 14.6. The van der Waals surface area contributed by atoms with Gasteiger partial charge in [-0.3, -0.25) is 4.79 Å². The summed E-state index contributed by atoms with van der Waals surface area (Å²) in [6.07, 6.45) is 3.95. The number of hydrogen-bond donors (Lipinski definition) is 2. The molecule has 2 atom stereocenters. The van der Waals surface area contributed by atoms with Crippen LogP contribution in [0.1, 0.15) is 32.4 Å². The monoisotopic (exact) mass is 225 g/mol. The molecule has 90 valence electrons. The fourth-order valence-electron chi connectivity index (χ4n) is 1.60. The number of nitrogens with one attached hydrogen (secondary N) is 1. The zero-order valence-electron chi connectivity index (χ0n) is 9.77. The molecule has 0 saturated carbocycles. The first kappa shape index (κ1) is 12.8. The molecule has 1 aromatic heterocycles. The predicted octanol–water partition coefficient (Wildman–Crippen LogP) is 2.05. The third-order valence-electron chi connectivity index (χ3n) is 2.60. The van der Waals surface area contributed by atoms with Crippen LogP contribution in [0.25, 0.3) is 0 Å². The summed E-state index contributed by atoms with van der Waals surface area (Å²) >= 11 is 0. The number of rotatable bonds is 7. The number of hydrogen-bond acceptors (Lipinski definition) is 3. The molecular weight excluding hydrogens is 206 g/mol. The Hall–Kier alpha value is -1.29. The third-order valence-corrected chi connectivity index (χ3v) is 2.60. The molecule has 0 radical (unpaired) electrons. The molecule has 1 aromatic rings. The van der Waals surface area contributed by atoms with E-state index in [1.807, 2.05) is 26.0 Å². The van der Waals surface area contributed by atoms with Gasteiger partial charge >= 0.3 is 5.97 Å². The zero-order chi connectivity index (χ0) is 12.0. The first-order valence-electron chi connectivity index (χ1n) is 5.64. The molecule has 0 spiro atoms. The summed E-state index contributed by atoms with van der Waals surface area (Å²) < 4.78 is 5.22. The Morgan fingerprint density at radius 1 is 1.62 bits per heavy atom. The Balaban J connectivity index is 2.29. The van der Waals surface area contributed by atoms with Gasteiger partial charge in [0.25, 0.3) is 0 Å². The minimum absolute atomic E-state index is 0.172. The Kier molecular flexibility index (Phi) is 5.05. The first-order chi connectivity index (χ1) is 7.63. The van der Waals surface area contributed by atoms with Crippen molar-refractivity contribution in [2.45, 2.75) is 45.2 Å². The molecule has 16 heavy (non-hydrogen) atoms. The Bertz CT molecular complexity index is 308. The Morgan fingerprint density at radius 2 is 2.38 bits per heavy atom. The molecule has 0 aliphatic heterocycles. The van der Waals surface area contributed by atoms with Crippen LogP contribution in [0.4, 0.5) is 0 Å². The molecule has 4 heteroatoms. The molecule has 4 nitrogen and oxygen atoms in total. The van der Waals surface area contributed by atoms with Crippen LogP contribution in [0.2, 0.25) is 0 Å². The number of carbonyl (C=O) groups is 1. The number of carboxylic acid groups (broad SMARTS) is 1. The van der Waals surface area contributed by atoms with Gasteiger partial charge in [0.2, 0.25) is 0 Å². The summed E-state index contributed by atoms with van der Waals surface area (Å²) in [5.74, 6) is 0.157. The average molecular weight is 225 g/mol. The van der Waals surface area contributed by atoms with Gasteiger partial charge in [-0.25, -0.2) is 0 Å². The van der Waals surface area contributed by atoms with Gasteiger partial charge in [0.15, 0.2) is 0 Å². The number of aliphatic carboxylic acids is 1. The summed E-state index contributed by atoms with van der Waals surface area (Å²) in [5.41, 5.74) is 0. The van der Waals surface area contributed by atoms with Crippen LogP contribution in [-0.4, -0.2) is 23.2 Å². The van der Waals surface area contributed by atoms with Crippen molar-refractivity contribution in [1.29, 1.82) is 0 Å². The molecule has 1 heterocycles. The van der Waals surface area contributed by atoms with Crippen molar-refractivity contribution < 1.29 is 14.3 Å². The maximum Gasteiger partial charge on any atom is 0.320 e. The smallest absolute Gasteiger partial charge is 0.320 e. The van der Waals surface area contributed by atoms with E-state index in [1.54, 1.807) is 6.26 Å². The van der Waals surface area contributed by atoms with Crippen LogP contribution in [-0.2, 0) is 11.2 Å². The molecule has 2 N–H and O–H groups in total. The highest BCUT2D eigenvalue weighted by Crippen LogP contribution is 2.06. The van der Waals surface area contributed by atoms with E-state index in [0.29, 0.717) is 6.42 Å². The molecule has 0 aliphatic carbocycles. The van der Waals surface area contributed by atoms with Crippen LogP contribution in [0.15, 0.2) is 22.8 Å². The summed E-state index contributed by atoms with van der Waals surface area (Å²) in [5, 5.41) is 12.0. The average Bonchev–Trinajstić information content (AvgIpc) is 2.75. The summed E-state index contributed by atoms with van der Waals surface area (Å²) in [7, 11) is 0. The van der Waals surface area contributed by atoms with Gasteiger partial charge in [-0.2, -0.15) is 0 Å². The van der Waals surface area contributed by atoms with Crippen LogP contribution in [0.3, 0.4) is 0 Å². The molecule has 0 bridgehead atoms. The fraction of sp³-hybridized carbons (Fsp3) is 0.583. The van der Waals surface area contributed by atoms with E-state index in [9.17, 15) is 4.79 Å². The first-order valence-corrected chi connectivity index (χ1v) is 5.64. The Morgan fingerprint density at radius 3 is 2.88 bits per heavy atom. The van der Waals surface area contributed by atoms with Crippen molar-refractivity contribution in [2.75, 3.05) is 0 Å². The maximum absolute atomic E-state index is 10.8. The molecule has 0 fully saturated rings. The standard InChI is InChI=1S/C12H19NO3/c1-3-11(12(14)15)13-9(2)6-7-10-5-4-8-16-10/h4-5,8-9,11,13H,3,6-7H2,1-2H3,(H,14,15). The third kappa shape index (κ3) is 4.06. The summed E-state index contributed by atoms with van der Waals surface area (Å²) in [4.78, 5) is 10.8. The van der Waals surface area contributed by atoms with Crippen molar-refractivity contribution in [3.05, 3.63) is 24.2 Å². The Labute approximate surface area is 95.7 Å². The van der Waals surface area contributed by atoms with E-state index in [2.05, 4.69) is 5.32 Å². The molecule has 0 aromatic carbocycles. The fourth-order valence-corrected chi connectivity index (χ4v) is 1.60. The van der Waals surface area contributed by atoms with Crippen molar-refractivity contribution in [1.82, 2.24) is 5.32 Å². The molecule has 0 amide bonds. The quantitative estimate of drug-likeness (QED) is 0.745. The molecule has 0 aliphatic rings. The van der Waals surface area contributed by atoms with Crippen LogP contribution in [0, 0.1) is 0 Å². The zero-order valence-corrected chi connectivity index (χ0v) is 9.77. The van der Waals surface area contributed by atoms with E-state index in [1.165, 1.54) is 0 Å². The van der Waals surface area contributed by atoms with Crippen LogP contribution in [0.5, 0.6) is 0 Å². The lowest BCUT2D eigenvalue weighted by Crippen LogP contribution is -2.41. The van der Waals surface area contributed by atoms with Crippen molar-refractivity contribution in [3.63, 3.8) is 0 Å². The van der Waals surface area contributed by atoms with Gasteiger partial charge in [0, 0.05) is 12.5 Å². The molecular formula is C12H19NO3. The lowest BCUT2D eigenvalue weighted by atomic mass is 10.1.